The fraction of sp³-hybridized carbons (Fsp3) is 0.231. The first-order valence-electron chi connectivity index (χ1n) is 10.6. The summed E-state index contributed by atoms with van der Waals surface area (Å²) in [6, 6.07) is 21.3. The van der Waals surface area contributed by atoms with Crippen molar-refractivity contribution in [1.29, 1.82) is 0 Å². The number of carbonyl (C=O) groups is 1. The second-order valence-corrected chi connectivity index (χ2v) is 7.89. The molecule has 2 heterocycles. The van der Waals surface area contributed by atoms with E-state index in [0.717, 1.165) is 19.3 Å². The van der Waals surface area contributed by atoms with Crippen LogP contribution in [0.2, 0.25) is 0 Å². The van der Waals surface area contributed by atoms with E-state index in [1.807, 2.05) is 18.2 Å². The summed E-state index contributed by atoms with van der Waals surface area (Å²) in [7, 11) is 0. The van der Waals surface area contributed by atoms with Gasteiger partial charge in [-0.3, -0.25) is 14.2 Å². The second-order valence-electron chi connectivity index (χ2n) is 7.89. The number of rotatable bonds is 5. The SMILES string of the molecule is O=C(/C(=C\c1ccccc1F)n1ccccc1=O)N1CCC(Cc2ccccc2)CC1. The van der Waals surface area contributed by atoms with E-state index < -0.39 is 5.82 Å². The monoisotopic (exact) mass is 416 g/mol. The van der Waals surface area contributed by atoms with Gasteiger partial charge in [-0.2, -0.15) is 0 Å². The number of hydrogen-bond donors (Lipinski definition) is 0. The molecule has 1 aromatic heterocycles. The van der Waals surface area contributed by atoms with Crippen molar-refractivity contribution in [2.75, 3.05) is 13.1 Å². The molecule has 4 nitrogen and oxygen atoms in total. The van der Waals surface area contributed by atoms with E-state index in [2.05, 4.69) is 12.1 Å². The molecule has 1 amide bonds. The molecule has 2 aromatic carbocycles. The van der Waals surface area contributed by atoms with Crippen LogP contribution in [0.4, 0.5) is 4.39 Å². The highest BCUT2D eigenvalue weighted by molar-refractivity contribution is 6.18. The molecule has 0 atom stereocenters. The van der Waals surface area contributed by atoms with Gasteiger partial charge in [-0.25, -0.2) is 4.39 Å². The zero-order chi connectivity index (χ0) is 21.6. The van der Waals surface area contributed by atoms with E-state index in [1.54, 1.807) is 41.4 Å². The van der Waals surface area contributed by atoms with Crippen LogP contribution in [0.5, 0.6) is 0 Å². The lowest BCUT2D eigenvalue weighted by Gasteiger charge is -2.33. The Labute approximate surface area is 181 Å². The number of aromatic nitrogens is 1. The van der Waals surface area contributed by atoms with Gasteiger partial charge >= 0.3 is 0 Å². The number of pyridine rings is 1. The average molecular weight is 416 g/mol. The molecule has 1 saturated heterocycles. The maximum absolute atomic E-state index is 14.3. The first-order valence-corrected chi connectivity index (χ1v) is 10.6. The number of nitrogens with zero attached hydrogens (tertiary/aromatic N) is 2. The van der Waals surface area contributed by atoms with E-state index in [1.165, 1.54) is 28.3 Å². The van der Waals surface area contributed by atoms with Crippen molar-refractivity contribution in [2.45, 2.75) is 19.3 Å². The third kappa shape index (κ3) is 5.00. The van der Waals surface area contributed by atoms with Crippen molar-refractivity contribution < 1.29 is 9.18 Å². The Hall–Kier alpha value is -3.47. The zero-order valence-electron chi connectivity index (χ0n) is 17.3. The van der Waals surface area contributed by atoms with Crippen LogP contribution >= 0.6 is 0 Å². The molecular formula is C26H25FN2O2. The summed E-state index contributed by atoms with van der Waals surface area (Å²) < 4.78 is 15.6. The van der Waals surface area contributed by atoms with Crippen molar-refractivity contribution >= 4 is 17.7 Å². The lowest BCUT2D eigenvalue weighted by atomic mass is 9.90. The zero-order valence-corrected chi connectivity index (χ0v) is 17.3. The number of halogens is 1. The molecule has 0 N–H and O–H groups in total. The maximum atomic E-state index is 14.3. The topological polar surface area (TPSA) is 42.3 Å². The molecule has 0 saturated carbocycles. The van der Waals surface area contributed by atoms with Crippen LogP contribution < -0.4 is 5.56 Å². The fourth-order valence-electron chi connectivity index (χ4n) is 4.05. The van der Waals surface area contributed by atoms with Crippen LogP contribution in [-0.2, 0) is 11.2 Å². The minimum absolute atomic E-state index is 0.164. The van der Waals surface area contributed by atoms with Gasteiger partial charge in [0.05, 0.1) is 0 Å². The molecule has 1 aliphatic rings. The van der Waals surface area contributed by atoms with Crippen LogP contribution in [-0.4, -0.2) is 28.5 Å². The lowest BCUT2D eigenvalue weighted by molar-refractivity contribution is -0.126. The third-order valence-corrected chi connectivity index (χ3v) is 5.77. The Kier molecular flexibility index (Phi) is 6.41. The molecule has 0 bridgehead atoms. The minimum atomic E-state index is -0.432. The molecule has 5 heteroatoms. The fourth-order valence-corrected chi connectivity index (χ4v) is 4.05. The Morgan fingerprint density at radius 1 is 0.935 bits per heavy atom. The normalized spacial score (nSPS) is 15.1. The van der Waals surface area contributed by atoms with Gasteiger partial charge in [-0.05, 0) is 49.0 Å². The van der Waals surface area contributed by atoms with Crippen molar-refractivity contribution in [3.05, 3.63) is 106 Å². The molecule has 0 radical (unpaired) electrons. The highest BCUT2D eigenvalue weighted by Gasteiger charge is 2.26. The maximum Gasteiger partial charge on any atom is 0.270 e. The standard InChI is InChI=1S/C26H25FN2O2/c27-23-11-5-4-10-22(23)19-24(29-15-7-6-12-25(29)30)26(31)28-16-13-21(14-17-28)18-20-8-2-1-3-9-20/h1-12,15,19,21H,13-14,16-18H2/b24-19+. The molecule has 0 unspecified atom stereocenters. The van der Waals surface area contributed by atoms with Gasteiger partial charge in [0, 0.05) is 30.9 Å². The van der Waals surface area contributed by atoms with E-state index in [-0.39, 0.29) is 22.7 Å². The van der Waals surface area contributed by atoms with Crippen LogP contribution in [0.25, 0.3) is 11.8 Å². The molecule has 1 aliphatic heterocycles. The van der Waals surface area contributed by atoms with Crippen molar-refractivity contribution in [3.63, 3.8) is 0 Å². The van der Waals surface area contributed by atoms with Gasteiger partial charge in [0.25, 0.3) is 11.5 Å². The van der Waals surface area contributed by atoms with Gasteiger partial charge in [0.1, 0.15) is 11.5 Å². The average Bonchev–Trinajstić information content (AvgIpc) is 2.80. The molecule has 158 valence electrons. The number of amides is 1. The number of hydrogen-bond acceptors (Lipinski definition) is 2. The predicted octanol–water partition coefficient (Wildman–Crippen LogP) is 4.47. The first kappa shape index (κ1) is 20.8. The Bertz CT molecular complexity index is 1130. The van der Waals surface area contributed by atoms with Crippen LogP contribution in [0.15, 0.2) is 83.8 Å². The van der Waals surface area contributed by atoms with Gasteiger partial charge in [-0.15, -0.1) is 0 Å². The number of likely N-dealkylation sites (tertiary alicyclic amines) is 1. The molecule has 0 spiro atoms. The minimum Gasteiger partial charge on any atom is -0.337 e. The van der Waals surface area contributed by atoms with Crippen LogP contribution in [0, 0.1) is 11.7 Å². The van der Waals surface area contributed by atoms with Crippen molar-refractivity contribution in [1.82, 2.24) is 9.47 Å². The number of carbonyl (C=O) groups excluding carboxylic acids is 1. The van der Waals surface area contributed by atoms with E-state index in [4.69, 9.17) is 0 Å². The molecular weight excluding hydrogens is 391 g/mol. The number of benzene rings is 2. The third-order valence-electron chi connectivity index (χ3n) is 5.77. The first-order chi connectivity index (χ1) is 15.1. The molecule has 31 heavy (non-hydrogen) atoms. The van der Waals surface area contributed by atoms with Crippen LogP contribution in [0.3, 0.4) is 0 Å². The van der Waals surface area contributed by atoms with E-state index in [0.29, 0.717) is 19.0 Å². The van der Waals surface area contributed by atoms with Crippen molar-refractivity contribution in [2.24, 2.45) is 5.92 Å². The van der Waals surface area contributed by atoms with E-state index >= 15 is 0 Å². The summed E-state index contributed by atoms with van der Waals surface area (Å²) in [5.74, 6) is -0.169. The Morgan fingerprint density at radius 3 is 2.32 bits per heavy atom. The largest absolute Gasteiger partial charge is 0.337 e. The highest BCUT2D eigenvalue weighted by atomic mass is 19.1. The predicted molar refractivity (Wildman–Crippen MR) is 121 cm³/mol. The highest BCUT2D eigenvalue weighted by Crippen LogP contribution is 2.24. The van der Waals surface area contributed by atoms with Gasteiger partial charge < -0.3 is 4.90 Å². The second kappa shape index (κ2) is 9.56. The summed E-state index contributed by atoms with van der Waals surface area (Å²) in [5.41, 5.74) is 1.43. The number of piperidine rings is 1. The molecule has 4 rings (SSSR count). The summed E-state index contributed by atoms with van der Waals surface area (Å²) in [6.45, 7) is 1.24. The quantitative estimate of drug-likeness (QED) is 0.576. The van der Waals surface area contributed by atoms with Crippen LogP contribution in [0.1, 0.15) is 24.0 Å². The summed E-state index contributed by atoms with van der Waals surface area (Å²) in [4.78, 5) is 27.6. The summed E-state index contributed by atoms with van der Waals surface area (Å²) in [6.07, 6.45) is 5.82. The van der Waals surface area contributed by atoms with Crippen molar-refractivity contribution in [3.8, 4) is 0 Å². The smallest absolute Gasteiger partial charge is 0.270 e. The molecule has 3 aromatic rings. The van der Waals surface area contributed by atoms with Gasteiger partial charge in [-0.1, -0.05) is 54.6 Å². The van der Waals surface area contributed by atoms with Gasteiger partial charge in [0.15, 0.2) is 0 Å². The molecule has 1 fully saturated rings. The Morgan fingerprint density at radius 2 is 1.61 bits per heavy atom. The van der Waals surface area contributed by atoms with E-state index in [9.17, 15) is 14.0 Å². The van der Waals surface area contributed by atoms with Gasteiger partial charge in [0.2, 0.25) is 0 Å². The molecule has 0 aliphatic carbocycles. The summed E-state index contributed by atoms with van der Waals surface area (Å²) >= 11 is 0. The lowest BCUT2D eigenvalue weighted by Crippen LogP contribution is -2.41. The summed E-state index contributed by atoms with van der Waals surface area (Å²) in [5, 5.41) is 0. The Balaban J connectivity index is 1.55.